The van der Waals surface area contributed by atoms with Gasteiger partial charge >= 0.3 is 0 Å². The molecule has 0 aliphatic carbocycles. The molecule has 0 radical (unpaired) electrons. The van der Waals surface area contributed by atoms with Crippen LogP contribution in [0.2, 0.25) is 0 Å². The summed E-state index contributed by atoms with van der Waals surface area (Å²) in [4.78, 5) is 15.8. The Labute approximate surface area is 101 Å². The van der Waals surface area contributed by atoms with Crippen LogP contribution >= 0.6 is 11.3 Å². The van der Waals surface area contributed by atoms with E-state index in [1.165, 1.54) is 15.9 Å². The fourth-order valence-corrected chi connectivity index (χ4v) is 2.33. The van der Waals surface area contributed by atoms with Gasteiger partial charge in [-0.15, -0.1) is 6.42 Å². The number of aromatic hydroxyl groups is 1. The van der Waals surface area contributed by atoms with E-state index in [0.717, 1.165) is 6.07 Å². The van der Waals surface area contributed by atoms with E-state index >= 15 is 0 Å². The van der Waals surface area contributed by atoms with Gasteiger partial charge in [-0.25, -0.2) is 0 Å². The van der Waals surface area contributed by atoms with Crippen molar-refractivity contribution in [2.24, 2.45) is 0 Å². The molecule has 0 fully saturated rings. The van der Waals surface area contributed by atoms with Crippen molar-refractivity contribution in [1.82, 2.24) is 9.55 Å². The molecule has 2 aromatic rings. The van der Waals surface area contributed by atoms with Crippen molar-refractivity contribution < 1.29 is 9.84 Å². The largest absolute Gasteiger partial charge is 0.506 e. The summed E-state index contributed by atoms with van der Waals surface area (Å²) in [5.41, 5.74) is -0.0114. The zero-order valence-electron chi connectivity index (χ0n) is 9.14. The van der Waals surface area contributed by atoms with Gasteiger partial charge in [0.25, 0.3) is 10.8 Å². The fourth-order valence-electron chi connectivity index (χ4n) is 1.44. The Balaban J connectivity index is 2.72. The number of pyridine rings is 1. The van der Waals surface area contributed by atoms with Crippen LogP contribution in [0.25, 0.3) is 10.3 Å². The molecule has 0 aromatic carbocycles. The summed E-state index contributed by atoms with van der Waals surface area (Å²) in [5, 5.41) is 10.1. The van der Waals surface area contributed by atoms with Crippen LogP contribution in [0.4, 0.5) is 0 Å². The van der Waals surface area contributed by atoms with Gasteiger partial charge in [0.1, 0.15) is 10.4 Å². The summed E-state index contributed by atoms with van der Waals surface area (Å²) in [6, 6.07) is 1.13. The summed E-state index contributed by atoms with van der Waals surface area (Å²) in [6.45, 7) is 2.42. The number of aromatic nitrogens is 2. The van der Waals surface area contributed by atoms with Gasteiger partial charge in [0.05, 0.1) is 13.2 Å². The Bertz CT molecular complexity index is 651. The van der Waals surface area contributed by atoms with Crippen LogP contribution in [0, 0.1) is 12.3 Å². The van der Waals surface area contributed by atoms with Gasteiger partial charge in [-0.05, 0) is 6.92 Å². The average molecular weight is 250 g/mol. The Kier molecular flexibility index (Phi) is 3.02. The van der Waals surface area contributed by atoms with Crippen LogP contribution in [0.5, 0.6) is 10.9 Å². The normalized spacial score (nSPS) is 10.4. The number of hydrogen-bond donors (Lipinski definition) is 1. The first-order valence-corrected chi connectivity index (χ1v) is 5.78. The van der Waals surface area contributed by atoms with Crippen molar-refractivity contribution in [2.45, 2.75) is 13.5 Å². The lowest BCUT2D eigenvalue weighted by molar-refractivity contribution is 0.338. The monoisotopic (exact) mass is 250 g/mol. The highest BCUT2D eigenvalue weighted by molar-refractivity contribution is 7.20. The third kappa shape index (κ3) is 1.97. The van der Waals surface area contributed by atoms with Crippen molar-refractivity contribution in [3.05, 3.63) is 16.4 Å². The molecule has 2 aromatic heterocycles. The van der Waals surface area contributed by atoms with Crippen molar-refractivity contribution in [3.8, 4) is 23.3 Å². The predicted molar refractivity (Wildman–Crippen MR) is 65.5 cm³/mol. The minimum Gasteiger partial charge on any atom is -0.506 e. The van der Waals surface area contributed by atoms with Crippen molar-refractivity contribution in [3.63, 3.8) is 0 Å². The topological polar surface area (TPSA) is 64.4 Å². The molecule has 0 aliphatic rings. The standard InChI is InChI=1S/C11H10N2O3S/c1-3-5-13-8(15)6-7(14)9-10(13)12-11(17-9)16-4-2/h1,6,14H,4-5H2,2H3. The lowest BCUT2D eigenvalue weighted by Gasteiger charge is -2.01. The molecule has 0 amide bonds. The minimum atomic E-state index is -0.374. The quantitative estimate of drug-likeness (QED) is 0.831. The van der Waals surface area contributed by atoms with Gasteiger partial charge in [-0.1, -0.05) is 17.3 Å². The van der Waals surface area contributed by atoms with Gasteiger partial charge in [0, 0.05) is 6.07 Å². The van der Waals surface area contributed by atoms with Gasteiger partial charge < -0.3 is 9.84 Å². The van der Waals surface area contributed by atoms with Crippen LogP contribution in [-0.2, 0) is 6.54 Å². The van der Waals surface area contributed by atoms with E-state index in [2.05, 4.69) is 10.9 Å². The van der Waals surface area contributed by atoms with Crippen LogP contribution in [0.1, 0.15) is 6.92 Å². The molecule has 2 heterocycles. The van der Waals surface area contributed by atoms with Crippen molar-refractivity contribution >= 4 is 21.7 Å². The van der Waals surface area contributed by atoms with E-state index < -0.39 is 0 Å². The molecule has 1 N–H and O–H groups in total. The van der Waals surface area contributed by atoms with Crippen LogP contribution in [0.3, 0.4) is 0 Å². The number of fused-ring (bicyclic) bond motifs is 1. The number of rotatable bonds is 3. The summed E-state index contributed by atoms with van der Waals surface area (Å²) in [5.74, 6) is 2.29. The second-order valence-corrected chi connectivity index (χ2v) is 4.19. The van der Waals surface area contributed by atoms with E-state index in [-0.39, 0.29) is 17.9 Å². The Hall–Kier alpha value is -2.00. The number of ether oxygens (including phenoxy) is 1. The molecule has 5 nitrogen and oxygen atoms in total. The fraction of sp³-hybridized carbons (Fsp3) is 0.273. The first-order chi connectivity index (χ1) is 8.17. The second kappa shape index (κ2) is 4.47. The third-order valence-electron chi connectivity index (χ3n) is 2.12. The molecule has 88 valence electrons. The Morgan fingerprint density at radius 3 is 3.12 bits per heavy atom. The molecule has 2 rings (SSSR count). The molecule has 6 heteroatoms. The highest BCUT2D eigenvalue weighted by Crippen LogP contribution is 2.32. The highest BCUT2D eigenvalue weighted by atomic mass is 32.1. The SMILES string of the molecule is C#CCn1c(=O)cc(O)c2sc(OCC)nc21. The lowest BCUT2D eigenvalue weighted by atomic mass is 10.4. The minimum absolute atomic E-state index is 0.0956. The summed E-state index contributed by atoms with van der Waals surface area (Å²) >= 11 is 1.19. The summed E-state index contributed by atoms with van der Waals surface area (Å²) < 4.78 is 7.08. The molecule has 0 aliphatic heterocycles. The number of terminal acetylenes is 1. The van der Waals surface area contributed by atoms with Gasteiger partial charge in [0.2, 0.25) is 0 Å². The maximum Gasteiger partial charge on any atom is 0.275 e. The maximum atomic E-state index is 11.6. The smallest absolute Gasteiger partial charge is 0.275 e. The molecule has 0 atom stereocenters. The van der Waals surface area contributed by atoms with E-state index in [9.17, 15) is 9.90 Å². The molecule has 0 unspecified atom stereocenters. The zero-order valence-corrected chi connectivity index (χ0v) is 9.95. The Morgan fingerprint density at radius 1 is 1.71 bits per heavy atom. The summed E-state index contributed by atoms with van der Waals surface area (Å²) in [7, 11) is 0. The summed E-state index contributed by atoms with van der Waals surface area (Å²) in [6.07, 6.45) is 5.20. The number of nitrogens with zero attached hydrogens (tertiary/aromatic N) is 2. The van der Waals surface area contributed by atoms with Crippen molar-refractivity contribution in [2.75, 3.05) is 6.61 Å². The van der Waals surface area contributed by atoms with E-state index in [1.807, 2.05) is 6.92 Å². The molecular formula is C11H10N2O3S. The van der Waals surface area contributed by atoms with Gasteiger partial charge in [-0.2, -0.15) is 4.98 Å². The lowest BCUT2D eigenvalue weighted by Crippen LogP contribution is -2.18. The van der Waals surface area contributed by atoms with E-state index in [4.69, 9.17) is 11.2 Å². The van der Waals surface area contributed by atoms with Crippen LogP contribution in [-0.4, -0.2) is 21.3 Å². The first-order valence-electron chi connectivity index (χ1n) is 4.97. The molecule has 0 spiro atoms. The zero-order chi connectivity index (χ0) is 12.4. The van der Waals surface area contributed by atoms with Crippen molar-refractivity contribution in [1.29, 1.82) is 0 Å². The second-order valence-electron chi connectivity index (χ2n) is 3.22. The Morgan fingerprint density at radius 2 is 2.47 bits per heavy atom. The third-order valence-corrected chi connectivity index (χ3v) is 3.10. The number of thiazole rings is 1. The number of hydrogen-bond acceptors (Lipinski definition) is 5. The van der Waals surface area contributed by atoms with E-state index in [1.54, 1.807) is 0 Å². The van der Waals surface area contributed by atoms with Gasteiger partial charge in [-0.3, -0.25) is 9.36 Å². The molecule has 17 heavy (non-hydrogen) atoms. The van der Waals surface area contributed by atoms with Gasteiger partial charge in [0.15, 0.2) is 5.65 Å². The molecule has 0 saturated carbocycles. The van der Waals surface area contributed by atoms with Crippen LogP contribution < -0.4 is 10.3 Å². The van der Waals surface area contributed by atoms with Crippen LogP contribution in [0.15, 0.2) is 10.9 Å². The van der Waals surface area contributed by atoms with E-state index in [0.29, 0.717) is 22.1 Å². The predicted octanol–water partition coefficient (Wildman–Crippen LogP) is 1.20. The highest BCUT2D eigenvalue weighted by Gasteiger charge is 2.14. The first kappa shape index (κ1) is 11.5. The molecular weight excluding hydrogens is 240 g/mol. The average Bonchev–Trinajstić information content (AvgIpc) is 2.69. The molecule has 0 bridgehead atoms. The molecule has 0 saturated heterocycles. The maximum absolute atomic E-state index is 11.6.